The number of carbonyl (C=O) groups excluding carboxylic acids is 1. The van der Waals surface area contributed by atoms with Crippen molar-refractivity contribution < 1.29 is 13.6 Å². The molecule has 0 saturated heterocycles. The second-order valence-corrected chi connectivity index (χ2v) is 5.12. The highest BCUT2D eigenvalue weighted by Gasteiger charge is 2.13. The van der Waals surface area contributed by atoms with Gasteiger partial charge in [-0.3, -0.25) is 4.79 Å². The Hall–Kier alpha value is -1.40. The van der Waals surface area contributed by atoms with Crippen LogP contribution in [0.25, 0.3) is 0 Å². The molecule has 2 aromatic carbocycles. The van der Waals surface area contributed by atoms with E-state index in [0.717, 1.165) is 12.1 Å². The lowest BCUT2D eigenvalue weighted by Crippen LogP contribution is -2.14. The monoisotopic (exact) mass is 343 g/mol. The largest absolute Gasteiger partial charge is 0.322 e. The minimum absolute atomic E-state index is 0.143. The molecule has 0 radical (unpaired) electrons. The first kappa shape index (κ1) is 14.0. The molecule has 0 aliphatic rings. The molecule has 2 rings (SSSR count). The van der Waals surface area contributed by atoms with Gasteiger partial charge in [-0.1, -0.05) is 0 Å². The van der Waals surface area contributed by atoms with Gasteiger partial charge < -0.3 is 5.32 Å². The maximum absolute atomic E-state index is 13.5. The first-order chi connectivity index (χ1) is 8.97. The predicted molar refractivity (Wildman–Crippen MR) is 75.7 cm³/mol. The summed E-state index contributed by atoms with van der Waals surface area (Å²) in [7, 11) is 0. The Labute approximate surface area is 122 Å². The van der Waals surface area contributed by atoms with Crippen LogP contribution in [0, 0.1) is 11.6 Å². The highest BCUT2D eigenvalue weighted by molar-refractivity contribution is 9.10. The summed E-state index contributed by atoms with van der Waals surface area (Å²) in [5.41, 5.74) is 0.102. The third-order valence-electron chi connectivity index (χ3n) is 2.37. The summed E-state index contributed by atoms with van der Waals surface area (Å²) in [6.07, 6.45) is 0. The van der Waals surface area contributed by atoms with E-state index in [1.165, 1.54) is 24.3 Å². The van der Waals surface area contributed by atoms with Crippen LogP contribution in [0.4, 0.5) is 14.5 Å². The first-order valence-electron chi connectivity index (χ1n) is 5.22. The Balaban J connectivity index is 2.25. The van der Waals surface area contributed by atoms with Gasteiger partial charge in [-0.15, -0.1) is 12.6 Å². The number of nitrogens with one attached hydrogen (secondary N) is 1. The third kappa shape index (κ3) is 3.33. The minimum Gasteiger partial charge on any atom is -0.322 e. The van der Waals surface area contributed by atoms with Crippen molar-refractivity contribution in [1.29, 1.82) is 0 Å². The first-order valence-corrected chi connectivity index (χ1v) is 6.46. The van der Waals surface area contributed by atoms with E-state index in [1.54, 1.807) is 0 Å². The van der Waals surface area contributed by atoms with Crippen LogP contribution in [0.3, 0.4) is 0 Å². The SMILES string of the molecule is O=C(Nc1ccc(Br)c(F)c1)c1cc(S)ccc1F. The van der Waals surface area contributed by atoms with Crippen molar-refractivity contribution in [2.75, 3.05) is 5.32 Å². The van der Waals surface area contributed by atoms with Crippen molar-refractivity contribution in [3.05, 3.63) is 58.1 Å². The smallest absolute Gasteiger partial charge is 0.258 e. The maximum atomic E-state index is 13.5. The van der Waals surface area contributed by atoms with Gasteiger partial charge in [0, 0.05) is 10.6 Å². The number of carbonyl (C=O) groups is 1. The standard InChI is InChI=1S/C13H8BrF2NOS/c14-10-3-1-7(5-12(10)16)17-13(18)9-6-8(19)2-4-11(9)15/h1-6,19H,(H,17,18). The summed E-state index contributed by atoms with van der Waals surface area (Å²) in [6, 6.07) is 8.01. The zero-order chi connectivity index (χ0) is 14.0. The number of benzene rings is 2. The molecule has 1 N–H and O–H groups in total. The van der Waals surface area contributed by atoms with Gasteiger partial charge in [0.05, 0.1) is 10.0 Å². The van der Waals surface area contributed by atoms with Crippen molar-refractivity contribution in [3.63, 3.8) is 0 Å². The fourth-order valence-electron chi connectivity index (χ4n) is 1.46. The number of halogens is 3. The van der Waals surface area contributed by atoms with E-state index in [-0.39, 0.29) is 15.7 Å². The molecule has 0 atom stereocenters. The van der Waals surface area contributed by atoms with Gasteiger partial charge in [0.2, 0.25) is 0 Å². The van der Waals surface area contributed by atoms with Crippen molar-refractivity contribution >= 4 is 40.2 Å². The molecule has 0 heterocycles. The highest BCUT2D eigenvalue weighted by atomic mass is 79.9. The lowest BCUT2D eigenvalue weighted by atomic mass is 10.2. The van der Waals surface area contributed by atoms with Crippen LogP contribution in [0.2, 0.25) is 0 Å². The van der Waals surface area contributed by atoms with Gasteiger partial charge in [0.15, 0.2) is 0 Å². The Morgan fingerprint density at radius 2 is 1.84 bits per heavy atom. The zero-order valence-electron chi connectivity index (χ0n) is 9.45. The molecular weight excluding hydrogens is 336 g/mol. The second kappa shape index (κ2) is 5.71. The molecule has 0 bridgehead atoms. The van der Waals surface area contributed by atoms with Crippen LogP contribution < -0.4 is 5.32 Å². The molecule has 0 spiro atoms. The Morgan fingerprint density at radius 3 is 2.53 bits per heavy atom. The van der Waals surface area contributed by atoms with E-state index in [2.05, 4.69) is 33.9 Å². The number of hydrogen-bond donors (Lipinski definition) is 2. The molecule has 2 nitrogen and oxygen atoms in total. The summed E-state index contributed by atoms with van der Waals surface area (Å²) in [4.78, 5) is 12.3. The van der Waals surface area contributed by atoms with Crippen molar-refractivity contribution in [1.82, 2.24) is 0 Å². The zero-order valence-corrected chi connectivity index (χ0v) is 11.9. The summed E-state index contributed by atoms with van der Waals surface area (Å²) in [6.45, 7) is 0. The topological polar surface area (TPSA) is 29.1 Å². The number of amides is 1. The lowest BCUT2D eigenvalue weighted by Gasteiger charge is -2.07. The number of anilines is 1. The van der Waals surface area contributed by atoms with Gasteiger partial charge >= 0.3 is 0 Å². The van der Waals surface area contributed by atoms with E-state index in [1.807, 2.05) is 0 Å². The Kier molecular flexibility index (Phi) is 4.21. The summed E-state index contributed by atoms with van der Waals surface area (Å²) < 4.78 is 27.1. The molecular formula is C13H8BrF2NOS. The van der Waals surface area contributed by atoms with Crippen LogP contribution in [-0.2, 0) is 0 Å². The summed E-state index contributed by atoms with van der Waals surface area (Å²) in [5.74, 6) is -1.83. The van der Waals surface area contributed by atoms with Crippen LogP contribution in [0.15, 0.2) is 45.8 Å². The Morgan fingerprint density at radius 1 is 1.11 bits per heavy atom. The summed E-state index contributed by atoms with van der Waals surface area (Å²) in [5, 5.41) is 2.42. The average molecular weight is 344 g/mol. The van der Waals surface area contributed by atoms with Crippen molar-refractivity contribution in [2.24, 2.45) is 0 Å². The van der Waals surface area contributed by atoms with Gasteiger partial charge in [-0.25, -0.2) is 8.78 Å². The average Bonchev–Trinajstić information content (AvgIpc) is 2.36. The van der Waals surface area contributed by atoms with E-state index in [9.17, 15) is 13.6 Å². The molecule has 98 valence electrons. The van der Waals surface area contributed by atoms with Gasteiger partial charge in [0.25, 0.3) is 5.91 Å². The van der Waals surface area contributed by atoms with Gasteiger partial charge in [-0.2, -0.15) is 0 Å². The highest BCUT2D eigenvalue weighted by Crippen LogP contribution is 2.21. The molecule has 2 aromatic rings. The van der Waals surface area contributed by atoms with Gasteiger partial charge in [0.1, 0.15) is 11.6 Å². The van der Waals surface area contributed by atoms with Crippen molar-refractivity contribution in [3.8, 4) is 0 Å². The molecule has 0 fully saturated rings. The molecule has 19 heavy (non-hydrogen) atoms. The van der Waals surface area contributed by atoms with E-state index in [4.69, 9.17) is 0 Å². The van der Waals surface area contributed by atoms with Crippen LogP contribution in [-0.4, -0.2) is 5.91 Å². The maximum Gasteiger partial charge on any atom is 0.258 e. The summed E-state index contributed by atoms with van der Waals surface area (Å²) >= 11 is 7.04. The predicted octanol–water partition coefficient (Wildman–Crippen LogP) is 4.27. The van der Waals surface area contributed by atoms with E-state index < -0.39 is 17.5 Å². The quantitative estimate of drug-likeness (QED) is 0.783. The molecule has 0 unspecified atom stereocenters. The van der Waals surface area contributed by atoms with Crippen LogP contribution in [0.1, 0.15) is 10.4 Å². The van der Waals surface area contributed by atoms with Crippen LogP contribution >= 0.6 is 28.6 Å². The molecule has 1 amide bonds. The van der Waals surface area contributed by atoms with Gasteiger partial charge in [-0.05, 0) is 52.3 Å². The van der Waals surface area contributed by atoms with Crippen molar-refractivity contribution in [2.45, 2.75) is 4.90 Å². The normalized spacial score (nSPS) is 10.3. The molecule has 0 saturated carbocycles. The molecule has 0 aliphatic heterocycles. The molecule has 0 aliphatic carbocycles. The third-order valence-corrected chi connectivity index (χ3v) is 3.29. The second-order valence-electron chi connectivity index (χ2n) is 3.75. The van der Waals surface area contributed by atoms with E-state index in [0.29, 0.717) is 4.90 Å². The fourth-order valence-corrected chi connectivity index (χ4v) is 1.91. The number of hydrogen-bond acceptors (Lipinski definition) is 2. The Bertz CT molecular complexity index is 649. The molecule has 0 aromatic heterocycles. The van der Waals surface area contributed by atoms with E-state index >= 15 is 0 Å². The number of rotatable bonds is 2. The number of thiol groups is 1. The molecule has 6 heteroatoms. The van der Waals surface area contributed by atoms with Crippen LogP contribution in [0.5, 0.6) is 0 Å². The fraction of sp³-hybridized carbons (Fsp3) is 0. The lowest BCUT2D eigenvalue weighted by molar-refractivity contribution is 0.102. The minimum atomic E-state index is -0.659.